The van der Waals surface area contributed by atoms with Gasteiger partial charge in [0.15, 0.2) is 5.82 Å². The number of nitrogens with zero attached hydrogens (tertiary/aromatic N) is 7. The summed E-state index contributed by atoms with van der Waals surface area (Å²) in [6, 6.07) is 3.01. The molecule has 39 heavy (non-hydrogen) atoms. The number of aromatic nitrogens is 6. The number of H-pyrrole nitrogens is 1. The minimum absolute atomic E-state index is 0.00988. The van der Waals surface area contributed by atoms with E-state index in [0.29, 0.717) is 25.3 Å². The van der Waals surface area contributed by atoms with Crippen LogP contribution in [0.5, 0.6) is 5.88 Å². The van der Waals surface area contributed by atoms with Crippen molar-refractivity contribution in [3.63, 3.8) is 0 Å². The van der Waals surface area contributed by atoms with Gasteiger partial charge in [-0.1, -0.05) is 11.3 Å². The first-order valence-corrected chi connectivity index (χ1v) is 12.2. The zero-order valence-corrected chi connectivity index (χ0v) is 21.0. The van der Waals surface area contributed by atoms with Crippen LogP contribution in [-0.2, 0) is 11.3 Å². The molecule has 3 aromatic heterocycles. The lowest BCUT2D eigenvalue weighted by Gasteiger charge is -2.51. The molecule has 6 rings (SSSR count). The highest BCUT2D eigenvalue weighted by molar-refractivity contribution is 5.89. The van der Waals surface area contributed by atoms with Gasteiger partial charge in [-0.25, -0.2) is 31.6 Å². The second-order valence-electron chi connectivity index (χ2n) is 10.0. The molecule has 0 aliphatic carbocycles. The molecule has 10 nitrogen and oxygen atoms in total. The van der Waals surface area contributed by atoms with Gasteiger partial charge < -0.3 is 9.47 Å². The number of aromatic amines is 1. The van der Waals surface area contributed by atoms with Crippen molar-refractivity contribution in [1.29, 1.82) is 0 Å². The van der Waals surface area contributed by atoms with E-state index in [1.807, 2.05) is 6.92 Å². The van der Waals surface area contributed by atoms with E-state index in [-0.39, 0.29) is 40.1 Å². The smallest absolute Gasteiger partial charge is 0.282 e. The van der Waals surface area contributed by atoms with E-state index in [9.17, 15) is 8.78 Å². The molecule has 1 aromatic carbocycles. The maximum absolute atomic E-state index is 15.5. The molecule has 1 N–H and O–H groups in total. The summed E-state index contributed by atoms with van der Waals surface area (Å²) in [5.74, 6) is -4.30. The number of hydrogen-bond donors (Lipinski definition) is 1. The molecule has 0 radical (unpaired) electrons. The summed E-state index contributed by atoms with van der Waals surface area (Å²) in [5.41, 5.74) is 0.00407. The van der Waals surface area contributed by atoms with Gasteiger partial charge in [-0.2, -0.15) is 4.98 Å². The summed E-state index contributed by atoms with van der Waals surface area (Å²) in [7, 11) is 1.27. The van der Waals surface area contributed by atoms with Crippen LogP contribution < -0.4 is 10.4 Å². The number of rotatable bonds is 6. The molecule has 2 fully saturated rings. The molecule has 1 atom stereocenters. The maximum atomic E-state index is 15.5. The lowest BCUT2D eigenvalue weighted by molar-refractivity contribution is -0.176. The zero-order chi connectivity index (χ0) is 28.4. The molecule has 0 unspecified atom stereocenters. The highest BCUT2D eigenvalue weighted by Gasteiger charge is 2.51. The summed E-state index contributed by atoms with van der Waals surface area (Å²) < 4.78 is 92.8. The number of hydrogen-bond acceptors (Lipinski definition) is 7. The number of halogens is 5. The summed E-state index contributed by atoms with van der Waals surface area (Å²) in [5, 5.41) is 10.2. The largest absolute Gasteiger partial charge is 0.479 e. The standard InChI is InChI=1S/C24H25F5N8O2/c1-23(11-39-12-23)35-6-5-17(24(28,29)10-35)30-22-31-21(38-2)20-19(14(25)8-37(20)33-22)13-3-4-15-16(7-13)36(34-32-15)9-18(26)27/h3-4,7-8,17-18H,5-6,9-12H2,1-2H3,(H,30,33)/t17-/m1/s1/i8D. The predicted molar refractivity (Wildman–Crippen MR) is 128 cm³/mol. The van der Waals surface area contributed by atoms with Crippen molar-refractivity contribution >= 4 is 16.6 Å². The Bertz CT molecular complexity index is 1660. The van der Waals surface area contributed by atoms with Gasteiger partial charge >= 0.3 is 0 Å². The third-order valence-electron chi connectivity index (χ3n) is 7.25. The van der Waals surface area contributed by atoms with E-state index in [1.54, 1.807) is 4.90 Å². The van der Waals surface area contributed by atoms with Gasteiger partial charge in [0.25, 0.3) is 12.3 Å². The van der Waals surface area contributed by atoms with E-state index >= 15 is 13.2 Å². The number of likely N-dealkylation sites (tertiary alicyclic amines) is 1. The van der Waals surface area contributed by atoms with E-state index < -0.39 is 49.0 Å². The minimum Gasteiger partial charge on any atom is -0.479 e. The van der Waals surface area contributed by atoms with Gasteiger partial charge in [0.2, 0.25) is 11.5 Å². The molecule has 0 saturated carbocycles. The number of alkyl halides is 4. The summed E-state index contributed by atoms with van der Waals surface area (Å²) in [4.78, 5) is 10.1. The van der Waals surface area contributed by atoms with E-state index in [2.05, 4.69) is 25.4 Å². The first-order valence-electron chi connectivity index (χ1n) is 12.7. The molecule has 4 aromatic rings. The van der Waals surface area contributed by atoms with E-state index in [0.717, 1.165) is 9.20 Å². The van der Waals surface area contributed by atoms with Crippen LogP contribution in [0.3, 0.4) is 0 Å². The maximum Gasteiger partial charge on any atom is 0.282 e. The Kier molecular flexibility index (Phi) is 5.80. The van der Waals surface area contributed by atoms with Gasteiger partial charge in [-0.05, 0) is 31.0 Å². The van der Waals surface area contributed by atoms with Crippen molar-refractivity contribution in [2.75, 3.05) is 33.4 Å². The number of benzene rings is 1. The second-order valence-corrected chi connectivity index (χ2v) is 10.0. The Morgan fingerprint density at radius 3 is 2.79 bits per heavy atom. The van der Waals surface area contributed by atoms with E-state index in [1.165, 1.54) is 25.3 Å². The first-order chi connectivity index (χ1) is 19.0. The average molecular weight is 554 g/mol. The lowest BCUT2D eigenvalue weighted by Crippen LogP contribution is -2.66. The van der Waals surface area contributed by atoms with Crippen LogP contribution in [0.15, 0.2) is 29.4 Å². The molecule has 15 heteroatoms. The van der Waals surface area contributed by atoms with Crippen LogP contribution in [0, 0.1) is 5.82 Å². The molecule has 2 aliphatic rings. The van der Waals surface area contributed by atoms with Crippen molar-refractivity contribution in [3.05, 3.63) is 35.8 Å². The Morgan fingerprint density at radius 2 is 2.13 bits per heavy atom. The van der Waals surface area contributed by atoms with Crippen molar-refractivity contribution in [2.45, 2.75) is 43.8 Å². The lowest BCUT2D eigenvalue weighted by atomic mass is 9.91. The average Bonchev–Trinajstić information content (AvgIpc) is 3.40. The van der Waals surface area contributed by atoms with Crippen LogP contribution in [-0.4, -0.2) is 91.8 Å². The zero-order valence-electron chi connectivity index (χ0n) is 22.0. The number of fused-ring (bicyclic) bond motifs is 2. The Balaban J connectivity index is 1.42. The number of ether oxygens (including phenoxy) is 2. The van der Waals surface area contributed by atoms with Crippen LogP contribution in [0.4, 0.5) is 22.0 Å². The monoisotopic (exact) mass is 553 g/mol. The fourth-order valence-electron chi connectivity index (χ4n) is 5.11. The topological polar surface area (TPSA) is 97.9 Å². The van der Waals surface area contributed by atoms with Gasteiger partial charge in [0.1, 0.15) is 23.6 Å². The minimum atomic E-state index is -3.17. The van der Waals surface area contributed by atoms with Gasteiger partial charge in [-0.3, -0.25) is 14.5 Å². The van der Waals surface area contributed by atoms with Crippen LogP contribution in [0.2, 0.25) is 0 Å². The predicted octanol–water partition coefficient (Wildman–Crippen LogP) is 2.89. The highest BCUT2D eigenvalue weighted by Crippen LogP contribution is 2.36. The molecule has 0 spiro atoms. The van der Waals surface area contributed by atoms with Crippen LogP contribution >= 0.6 is 0 Å². The summed E-state index contributed by atoms with van der Waals surface area (Å²) in [6.45, 7) is 1.84. The van der Waals surface area contributed by atoms with Crippen molar-refractivity contribution in [3.8, 4) is 17.0 Å². The van der Waals surface area contributed by atoms with Gasteiger partial charge in [0, 0.05) is 6.54 Å². The van der Waals surface area contributed by atoms with Crippen molar-refractivity contribution in [1.82, 2.24) is 34.5 Å². The Labute approximate surface area is 219 Å². The second kappa shape index (κ2) is 9.26. The van der Waals surface area contributed by atoms with Gasteiger partial charge in [0.05, 0.1) is 51.0 Å². The first kappa shape index (κ1) is 24.5. The third kappa shape index (κ3) is 4.42. The summed E-state index contributed by atoms with van der Waals surface area (Å²) in [6.07, 6.45) is -3.25. The highest BCUT2D eigenvalue weighted by atomic mass is 19.3. The molecule has 0 bridgehead atoms. The third-order valence-corrected chi connectivity index (χ3v) is 7.25. The van der Waals surface area contributed by atoms with Crippen molar-refractivity contribution < 1.29 is 32.8 Å². The Hall–Kier alpha value is -3.59. The molecule has 5 heterocycles. The normalized spacial score (nSPS) is 22.0. The quantitative estimate of drug-likeness (QED) is 0.369. The fraction of sp³-hybridized carbons (Fsp3) is 0.500. The molecular weight excluding hydrogens is 527 g/mol. The van der Waals surface area contributed by atoms with Gasteiger partial charge in [-0.15, -0.1) is 5.10 Å². The number of methoxy groups -OCH3 is 1. The summed E-state index contributed by atoms with van der Waals surface area (Å²) >= 11 is 0. The molecule has 208 valence electrons. The van der Waals surface area contributed by atoms with Crippen molar-refractivity contribution in [2.24, 2.45) is 4.99 Å². The number of nitrogens with one attached hydrogen (secondary N) is 1. The molecule has 2 aliphatic heterocycles. The Morgan fingerprint density at radius 1 is 1.33 bits per heavy atom. The SMILES string of the molecule is [2H]c1c(F)c(-c2ccc3nnn(CC(F)F)c3c2)c2c(OC)nc(=N[C@@H]3CCN(C4(C)COC4)CC3(F)F)[nH]n12. The molecular formula is C24H25F5N8O2. The number of piperidine rings is 1. The molecule has 2 saturated heterocycles. The molecule has 0 amide bonds. The fourth-order valence-corrected chi connectivity index (χ4v) is 5.11. The van der Waals surface area contributed by atoms with E-state index in [4.69, 9.17) is 10.8 Å². The van der Waals surface area contributed by atoms with Crippen LogP contribution in [0.1, 0.15) is 14.7 Å². The van der Waals surface area contributed by atoms with Crippen LogP contribution in [0.25, 0.3) is 27.7 Å².